The van der Waals surface area contributed by atoms with Crippen molar-refractivity contribution >= 4 is 21.9 Å². The zero-order chi connectivity index (χ0) is 15.6. The Hall–Kier alpha value is -2.02. The molecule has 7 heteroatoms. The molecule has 0 radical (unpaired) electrons. The van der Waals surface area contributed by atoms with Gasteiger partial charge in [0.25, 0.3) is 0 Å². The predicted octanol–water partition coefficient (Wildman–Crippen LogP) is 4.96. The average molecular weight is 361 g/mol. The summed E-state index contributed by atoms with van der Waals surface area (Å²) in [5.74, 6) is -0.562. The Morgan fingerprint density at radius 3 is 2.10 bits per heavy atom. The molecule has 0 aromatic heterocycles. The molecular weight excluding hydrogens is 353 g/mol. The van der Waals surface area contributed by atoms with Gasteiger partial charge in [0.05, 0.1) is 11.1 Å². The summed E-state index contributed by atoms with van der Waals surface area (Å²) in [7, 11) is 0. The fourth-order valence-electron chi connectivity index (χ4n) is 1.58. The largest absolute Gasteiger partial charge is 0.478 e. The van der Waals surface area contributed by atoms with Crippen LogP contribution in [0.5, 0.6) is 11.5 Å². The fourth-order valence-corrected chi connectivity index (χ4v) is 2.11. The van der Waals surface area contributed by atoms with Crippen molar-refractivity contribution in [2.75, 3.05) is 0 Å². The molecule has 2 aromatic carbocycles. The molecule has 3 nitrogen and oxygen atoms in total. The summed E-state index contributed by atoms with van der Waals surface area (Å²) in [6.07, 6.45) is -4.40. The minimum atomic E-state index is -4.40. The van der Waals surface area contributed by atoms with E-state index in [0.29, 0.717) is 10.2 Å². The number of hydrogen-bond acceptors (Lipinski definition) is 2. The standard InChI is InChI=1S/C14H8BrF3O3/c15-12-7-10(5-6-11(12)13(19)20)21-9-3-1-8(2-4-9)14(16,17)18/h1-7H,(H,19,20). The van der Waals surface area contributed by atoms with E-state index in [0.717, 1.165) is 12.1 Å². The van der Waals surface area contributed by atoms with Crippen LogP contribution in [0.4, 0.5) is 13.2 Å². The molecule has 0 aliphatic carbocycles. The Labute approximate surface area is 126 Å². The molecule has 0 fully saturated rings. The Bertz CT molecular complexity index is 666. The molecule has 21 heavy (non-hydrogen) atoms. The molecule has 0 aliphatic heterocycles. The molecule has 0 spiro atoms. The molecule has 2 aromatic rings. The topological polar surface area (TPSA) is 46.5 Å². The maximum atomic E-state index is 12.4. The van der Waals surface area contributed by atoms with Crippen LogP contribution in [0.15, 0.2) is 46.9 Å². The number of carboxylic acid groups (broad SMARTS) is 1. The number of halogens is 4. The van der Waals surface area contributed by atoms with Crippen molar-refractivity contribution in [3.8, 4) is 11.5 Å². The molecule has 0 amide bonds. The van der Waals surface area contributed by atoms with Crippen LogP contribution in [-0.4, -0.2) is 11.1 Å². The van der Waals surface area contributed by atoms with E-state index in [1.54, 1.807) is 0 Å². The predicted molar refractivity (Wildman–Crippen MR) is 72.6 cm³/mol. The molecule has 0 unspecified atom stereocenters. The molecule has 2 rings (SSSR count). The van der Waals surface area contributed by atoms with E-state index in [4.69, 9.17) is 9.84 Å². The van der Waals surface area contributed by atoms with Crippen molar-refractivity contribution in [2.45, 2.75) is 6.18 Å². The summed E-state index contributed by atoms with van der Waals surface area (Å²) in [5.41, 5.74) is -0.702. The number of aromatic carboxylic acids is 1. The molecule has 0 aliphatic rings. The third-order valence-electron chi connectivity index (χ3n) is 2.59. The lowest BCUT2D eigenvalue weighted by molar-refractivity contribution is -0.137. The lowest BCUT2D eigenvalue weighted by Gasteiger charge is -2.09. The first kappa shape index (κ1) is 15.4. The molecule has 0 bridgehead atoms. The van der Waals surface area contributed by atoms with E-state index >= 15 is 0 Å². The minimum absolute atomic E-state index is 0.0646. The fraction of sp³-hybridized carbons (Fsp3) is 0.0714. The lowest BCUT2D eigenvalue weighted by atomic mass is 10.2. The van der Waals surface area contributed by atoms with Crippen LogP contribution in [0.3, 0.4) is 0 Å². The highest BCUT2D eigenvalue weighted by atomic mass is 79.9. The van der Waals surface area contributed by atoms with E-state index in [1.807, 2.05) is 0 Å². The van der Waals surface area contributed by atoms with Crippen LogP contribution in [0.1, 0.15) is 15.9 Å². The second-order valence-electron chi connectivity index (χ2n) is 4.07. The van der Waals surface area contributed by atoms with Gasteiger partial charge in [-0.05, 0) is 58.4 Å². The van der Waals surface area contributed by atoms with Crippen LogP contribution >= 0.6 is 15.9 Å². The smallest absolute Gasteiger partial charge is 0.416 e. The first-order chi connectivity index (χ1) is 9.77. The molecule has 110 valence electrons. The van der Waals surface area contributed by atoms with E-state index in [-0.39, 0.29) is 11.3 Å². The van der Waals surface area contributed by atoms with Gasteiger partial charge >= 0.3 is 12.1 Å². The van der Waals surface area contributed by atoms with Gasteiger partial charge in [0.1, 0.15) is 11.5 Å². The van der Waals surface area contributed by atoms with Gasteiger partial charge in [0.15, 0.2) is 0 Å². The zero-order valence-corrected chi connectivity index (χ0v) is 11.9. The summed E-state index contributed by atoms with van der Waals surface area (Å²) < 4.78 is 42.9. The van der Waals surface area contributed by atoms with E-state index in [1.165, 1.54) is 30.3 Å². The molecule has 0 heterocycles. The first-order valence-corrected chi connectivity index (χ1v) is 6.44. The van der Waals surface area contributed by atoms with Crippen molar-refractivity contribution < 1.29 is 27.8 Å². The van der Waals surface area contributed by atoms with Crippen LogP contribution in [0.25, 0.3) is 0 Å². The van der Waals surface area contributed by atoms with Gasteiger partial charge in [-0.1, -0.05) is 0 Å². The second kappa shape index (κ2) is 5.77. The quantitative estimate of drug-likeness (QED) is 0.841. The van der Waals surface area contributed by atoms with Gasteiger partial charge in [-0.3, -0.25) is 0 Å². The minimum Gasteiger partial charge on any atom is -0.478 e. The number of carboxylic acids is 1. The number of alkyl halides is 3. The van der Waals surface area contributed by atoms with E-state index in [9.17, 15) is 18.0 Å². The van der Waals surface area contributed by atoms with Crippen molar-refractivity contribution in [3.05, 3.63) is 58.1 Å². The molecular formula is C14H8BrF3O3. The van der Waals surface area contributed by atoms with Gasteiger partial charge in [-0.2, -0.15) is 13.2 Å². The Balaban J connectivity index is 2.19. The van der Waals surface area contributed by atoms with Crippen LogP contribution in [0, 0.1) is 0 Å². The highest BCUT2D eigenvalue weighted by Crippen LogP contribution is 2.32. The molecule has 0 atom stereocenters. The number of hydrogen-bond donors (Lipinski definition) is 1. The highest BCUT2D eigenvalue weighted by Gasteiger charge is 2.30. The number of carbonyl (C=O) groups is 1. The summed E-state index contributed by atoms with van der Waals surface area (Å²) in [5, 5.41) is 8.88. The van der Waals surface area contributed by atoms with Crippen LogP contribution in [-0.2, 0) is 6.18 Å². The molecule has 0 saturated carbocycles. The Morgan fingerprint density at radius 1 is 1.05 bits per heavy atom. The van der Waals surface area contributed by atoms with Gasteiger partial charge < -0.3 is 9.84 Å². The van der Waals surface area contributed by atoms with Crippen LogP contribution in [0.2, 0.25) is 0 Å². The van der Waals surface area contributed by atoms with Gasteiger partial charge in [0, 0.05) is 4.47 Å². The van der Waals surface area contributed by atoms with Gasteiger partial charge in [-0.25, -0.2) is 4.79 Å². The van der Waals surface area contributed by atoms with E-state index < -0.39 is 17.7 Å². The van der Waals surface area contributed by atoms with Gasteiger partial charge in [-0.15, -0.1) is 0 Å². The zero-order valence-electron chi connectivity index (χ0n) is 10.3. The third kappa shape index (κ3) is 3.75. The van der Waals surface area contributed by atoms with Crippen molar-refractivity contribution in [3.63, 3.8) is 0 Å². The Kier molecular flexibility index (Phi) is 4.22. The van der Waals surface area contributed by atoms with Crippen molar-refractivity contribution in [1.82, 2.24) is 0 Å². The first-order valence-electron chi connectivity index (χ1n) is 5.65. The Morgan fingerprint density at radius 2 is 1.62 bits per heavy atom. The summed E-state index contributed by atoms with van der Waals surface area (Å²) in [6, 6.07) is 8.41. The number of benzene rings is 2. The van der Waals surface area contributed by atoms with Crippen LogP contribution < -0.4 is 4.74 Å². The SMILES string of the molecule is O=C(O)c1ccc(Oc2ccc(C(F)(F)F)cc2)cc1Br. The average Bonchev–Trinajstić information content (AvgIpc) is 2.38. The maximum absolute atomic E-state index is 12.4. The summed E-state index contributed by atoms with van der Waals surface area (Å²) in [4.78, 5) is 10.8. The molecule has 1 N–H and O–H groups in total. The third-order valence-corrected chi connectivity index (χ3v) is 3.24. The highest BCUT2D eigenvalue weighted by molar-refractivity contribution is 9.10. The summed E-state index contributed by atoms with van der Waals surface area (Å²) >= 11 is 3.09. The van der Waals surface area contributed by atoms with Crippen molar-refractivity contribution in [2.24, 2.45) is 0 Å². The lowest BCUT2D eigenvalue weighted by Crippen LogP contribution is -2.04. The molecule has 0 saturated heterocycles. The van der Waals surface area contributed by atoms with Gasteiger partial charge in [0.2, 0.25) is 0 Å². The number of ether oxygens (including phenoxy) is 1. The monoisotopic (exact) mass is 360 g/mol. The summed E-state index contributed by atoms with van der Waals surface area (Å²) in [6.45, 7) is 0. The van der Waals surface area contributed by atoms with E-state index in [2.05, 4.69) is 15.9 Å². The normalized spacial score (nSPS) is 11.2. The van der Waals surface area contributed by atoms with Crippen molar-refractivity contribution in [1.29, 1.82) is 0 Å². The second-order valence-corrected chi connectivity index (χ2v) is 4.93. The number of rotatable bonds is 3. The maximum Gasteiger partial charge on any atom is 0.416 e.